The number of aliphatic hydroxyl groups excluding tert-OH is 1. The first-order valence-corrected chi connectivity index (χ1v) is 4.70. The minimum Gasteiger partial charge on any atom is -0.390 e. The van der Waals surface area contributed by atoms with Crippen molar-refractivity contribution in [3.8, 4) is 0 Å². The summed E-state index contributed by atoms with van der Waals surface area (Å²) in [5, 5.41) is 9.16. The van der Waals surface area contributed by atoms with Crippen molar-refractivity contribution in [2.45, 2.75) is 26.4 Å². The zero-order valence-electron chi connectivity index (χ0n) is 9.15. The fraction of sp³-hybridized carbons (Fsp3) is 0.600. The van der Waals surface area contributed by atoms with Crippen LogP contribution in [0.2, 0.25) is 0 Å². The standard InChI is InChI=1S/C10H17N3O/c1-7(2)10-11-5-9(13(3)4)8(6-14)12-10/h5,7,14H,6H2,1-4H3. The molecule has 1 rings (SSSR count). The molecule has 0 aromatic carbocycles. The molecule has 0 atom stereocenters. The monoisotopic (exact) mass is 195 g/mol. The highest BCUT2D eigenvalue weighted by Crippen LogP contribution is 2.18. The molecule has 0 aliphatic heterocycles. The van der Waals surface area contributed by atoms with Crippen LogP contribution in [-0.2, 0) is 6.61 Å². The summed E-state index contributed by atoms with van der Waals surface area (Å²) in [6, 6.07) is 0. The van der Waals surface area contributed by atoms with Crippen LogP contribution in [-0.4, -0.2) is 29.2 Å². The fourth-order valence-electron chi connectivity index (χ4n) is 1.19. The van der Waals surface area contributed by atoms with E-state index in [1.54, 1.807) is 6.20 Å². The minimum absolute atomic E-state index is 0.0459. The molecule has 0 amide bonds. The van der Waals surface area contributed by atoms with Crippen molar-refractivity contribution in [2.24, 2.45) is 0 Å². The Labute approximate surface area is 84.6 Å². The molecule has 0 saturated heterocycles. The lowest BCUT2D eigenvalue weighted by atomic mass is 10.2. The molecular weight excluding hydrogens is 178 g/mol. The van der Waals surface area contributed by atoms with Crippen LogP contribution >= 0.6 is 0 Å². The zero-order valence-corrected chi connectivity index (χ0v) is 9.15. The van der Waals surface area contributed by atoms with E-state index >= 15 is 0 Å². The van der Waals surface area contributed by atoms with Gasteiger partial charge in [-0.25, -0.2) is 9.97 Å². The smallest absolute Gasteiger partial charge is 0.131 e. The molecule has 0 aliphatic rings. The molecule has 1 aromatic heterocycles. The molecule has 0 aliphatic carbocycles. The number of nitrogens with zero attached hydrogens (tertiary/aromatic N) is 3. The minimum atomic E-state index is -0.0459. The van der Waals surface area contributed by atoms with E-state index in [4.69, 9.17) is 5.11 Å². The van der Waals surface area contributed by atoms with Gasteiger partial charge in [0.2, 0.25) is 0 Å². The third kappa shape index (κ3) is 2.20. The summed E-state index contributed by atoms with van der Waals surface area (Å²) in [4.78, 5) is 10.5. The van der Waals surface area contributed by atoms with Gasteiger partial charge in [0.05, 0.1) is 24.2 Å². The number of aromatic nitrogens is 2. The molecule has 0 fully saturated rings. The zero-order chi connectivity index (χ0) is 10.7. The maximum Gasteiger partial charge on any atom is 0.131 e. The van der Waals surface area contributed by atoms with Gasteiger partial charge in [0.25, 0.3) is 0 Å². The Balaban J connectivity index is 3.11. The van der Waals surface area contributed by atoms with E-state index in [2.05, 4.69) is 9.97 Å². The van der Waals surface area contributed by atoms with E-state index in [9.17, 15) is 0 Å². The van der Waals surface area contributed by atoms with Gasteiger partial charge in [0.15, 0.2) is 0 Å². The number of aliphatic hydroxyl groups is 1. The second kappa shape index (κ2) is 4.37. The lowest BCUT2D eigenvalue weighted by Crippen LogP contribution is -2.14. The second-order valence-electron chi connectivity index (χ2n) is 3.77. The van der Waals surface area contributed by atoms with Crippen LogP contribution in [0.25, 0.3) is 0 Å². The van der Waals surface area contributed by atoms with Crippen molar-refractivity contribution in [2.75, 3.05) is 19.0 Å². The van der Waals surface area contributed by atoms with E-state index in [1.165, 1.54) is 0 Å². The predicted octanol–water partition coefficient (Wildman–Crippen LogP) is 1.16. The summed E-state index contributed by atoms with van der Waals surface area (Å²) >= 11 is 0. The topological polar surface area (TPSA) is 49.2 Å². The molecule has 0 saturated carbocycles. The summed E-state index contributed by atoms with van der Waals surface area (Å²) in [6.45, 7) is 4.02. The first kappa shape index (κ1) is 10.9. The maximum absolute atomic E-state index is 9.16. The average molecular weight is 195 g/mol. The number of rotatable bonds is 3. The van der Waals surface area contributed by atoms with E-state index in [1.807, 2.05) is 32.8 Å². The van der Waals surface area contributed by atoms with Gasteiger partial charge in [-0.05, 0) is 0 Å². The number of hydrogen-bond acceptors (Lipinski definition) is 4. The van der Waals surface area contributed by atoms with Crippen LogP contribution in [0.15, 0.2) is 6.20 Å². The first-order chi connectivity index (χ1) is 6.56. The van der Waals surface area contributed by atoms with E-state index < -0.39 is 0 Å². The van der Waals surface area contributed by atoms with Crippen LogP contribution < -0.4 is 4.90 Å². The second-order valence-corrected chi connectivity index (χ2v) is 3.77. The summed E-state index contributed by atoms with van der Waals surface area (Å²) < 4.78 is 0. The van der Waals surface area contributed by atoms with Crippen LogP contribution in [0.1, 0.15) is 31.3 Å². The molecular formula is C10H17N3O. The van der Waals surface area contributed by atoms with Gasteiger partial charge in [-0.1, -0.05) is 13.8 Å². The lowest BCUT2D eigenvalue weighted by Gasteiger charge is -2.16. The van der Waals surface area contributed by atoms with Gasteiger partial charge in [-0.3, -0.25) is 0 Å². The van der Waals surface area contributed by atoms with Crippen molar-refractivity contribution in [1.29, 1.82) is 0 Å². The Morgan fingerprint density at radius 2 is 2.07 bits per heavy atom. The highest BCUT2D eigenvalue weighted by molar-refractivity contribution is 5.47. The van der Waals surface area contributed by atoms with Crippen molar-refractivity contribution >= 4 is 5.69 Å². The van der Waals surface area contributed by atoms with E-state index in [0.717, 1.165) is 11.5 Å². The Bertz CT molecular complexity index is 310. The van der Waals surface area contributed by atoms with Gasteiger partial charge in [-0.15, -0.1) is 0 Å². The fourth-order valence-corrected chi connectivity index (χ4v) is 1.19. The highest BCUT2D eigenvalue weighted by atomic mass is 16.3. The van der Waals surface area contributed by atoms with Crippen LogP contribution in [0.5, 0.6) is 0 Å². The predicted molar refractivity (Wildman–Crippen MR) is 56.4 cm³/mol. The number of anilines is 1. The van der Waals surface area contributed by atoms with Crippen molar-refractivity contribution in [1.82, 2.24) is 9.97 Å². The van der Waals surface area contributed by atoms with Crippen molar-refractivity contribution < 1.29 is 5.11 Å². The van der Waals surface area contributed by atoms with Gasteiger partial charge in [0, 0.05) is 20.0 Å². The summed E-state index contributed by atoms with van der Waals surface area (Å²) in [7, 11) is 3.82. The largest absolute Gasteiger partial charge is 0.390 e. The molecule has 1 N–H and O–H groups in total. The van der Waals surface area contributed by atoms with Crippen LogP contribution in [0.4, 0.5) is 5.69 Å². The summed E-state index contributed by atoms with van der Waals surface area (Å²) in [5.41, 5.74) is 1.56. The molecule has 1 heterocycles. The maximum atomic E-state index is 9.16. The molecule has 0 bridgehead atoms. The van der Waals surface area contributed by atoms with Gasteiger partial charge in [0.1, 0.15) is 5.82 Å². The highest BCUT2D eigenvalue weighted by Gasteiger charge is 2.09. The molecule has 4 nitrogen and oxygen atoms in total. The van der Waals surface area contributed by atoms with E-state index in [0.29, 0.717) is 5.69 Å². The van der Waals surface area contributed by atoms with Crippen LogP contribution in [0, 0.1) is 0 Å². The molecule has 4 heteroatoms. The Morgan fingerprint density at radius 3 is 2.50 bits per heavy atom. The normalized spacial score (nSPS) is 10.7. The van der Waals surface area contributed by atoms with Gasteiger partial charge >= 0.3 is 0 Å². The summed E-state index contributed by atoms with van der Waals surface area (Å²) in [5.74, 6) is 1.07. The van der Waals surface area contributed by atoms with Crippen molar-refractivity contribution in [3.63, 3.8) is 0 Å². The SMILES string of the molecule is CC(C)c1ncc(N(C)C)c(CO)n1. The number of hydrogen-bond donors (Lipinski definition) is 1. The lowest BCUT2D eigenvalue weighted by molar-refractivity contribution is 0.276. The molecule has 0 spiro atoms. The van der Waals surface area contributed by atoms with E-state index in [-0.39, 0.29) is 12.5 Å². The molecule has 14 heavy (non-hydrogen) atoms. The van der Waals surface area contributed by atoms with Crippen molar-refractivity contribution in [3.05, 3.63) is 17.7 Å². The molecule has 0 radical (unpaired) electrons. The van der Waals surface area contributed by atoms with Crippen LogP contribution in [0.3, 0.4) is 0 Å². The first-order valence-electron chi connectivity index (χ1n) is 4.70. The Kier molecular flexibility index (Phi) is 3.41. The third-order valence-electron chi connectivity index (χ3n) is 2.01. The quantitative estimate of drug-likeness (QED) is 0.786. The van der Waals surface area contributed by atoms with Gasteiger partial charge in [-0.2, -0.15) is 0 Å². The molecule has 78 valence electrons. The Morgan fingerprint density at radius 1 is 1.43 bits per heavy atom. The summed E-state index contributed by atoms with van der Waals surface area (Å²) in [6.07, 6.45) is 1.76. The third-order valence-corrected chi connectivity index (χ3v) is 2.01. The molecule has 1 aromatic rings. The average Bonchev–Trinajstić information content (AvgIpc) is 2.16. The Hall–Kier alpha value is -1.16. The molecule has 0 unspecified atom stereocenters. The van der Waals surface area contributed by atoms with Gasteiger partial charge < -0.3 is 10.0 Å².